The molecule has 2 heterocycles. The van der Waals surface area contributed by atoms with E-state index >= 15 is 0 Å². The van der Waals surface area contributed by atoms with Crippen LogP contribution < -0.4 is 10.2 Å². The number of nitrogens with one attached hydrogen (secondary N) is 1. The van der Waals surface area contributed by atoms with Crippen LogP contribution in [0.2, 0.25) is 0 Å². The van der Waals surface area contributed by atoms with Crippen molar-refractivity contribution in [1.29, 1.82) is 0 Å². The molecule has 2 rings (SSSR count). The van der Waals surface area contributed by atoms with Crippen molar-refractivity contribution in [2.24, 2.45) is 0 Å². The van der Waals surface area contributed by atoms with Crippen molar-refractivity contribution < 1.29 is 14.4 Å². The van der Waals surface area contributed by atoms with E-state index in [0.717, 1.165) is 5.69 Å². The molecule has 0 aromatic carbocycles. The third-order valence-electron chi connectivity index (χ3n) is 3.23. The summed E-state index contributed by atoms with van der Waals surface area (Å²) in [7, 11) is 1.58. The van der Waals surface area contributed by atoms with E-state index in [1.54, 1.807) is 13.2 Å². The Morgan fingerprint density at radius 3 is 2.86 bits per heavy atom. The summed E-state index contributed by atoms with van der Waals surface area (Å²) in [5.41, 5.74) is 1.34. The lowest BCUT2D eigenvalue weighted by Gasteiger charge is -2.29. The Morgan fingerprint density at radius 1 is 1.52 bits per heavy atom. The van der Waals surface area contributed by atoms with Crippen molar-refractivity contribution in [3.05, 3.63) is 21.9 Å². The molecule has 1 aromatic heterocycles. The number of nitrogens with zero attached hydrogens (tertiary/aromatic N) is 3. The van der Waals surface area contributed by atoms with Gasteiger partial charge in [-0.15, -0.1) is 0 Å². The first-order valence-electron chi connectivity index (χ1n) is 6.85. The van der Waals surface area contributed by atoms with Crippen LogP contribution in [0.15, 0.2) is 6.07 Å². The monoisotopic (exact) mass is 296 g/mol. The molecule has 0 atom stereocenters. The third-order valence-corrected chi connectivity index (χ3v) is 3.23. The molecular formula is C13H20N4O4. The molecule has 8 nitrogen and oxygen atoms in total. The number of methoxy groups -OCH3 is 1. The predicted molar refractivity (Wildman–Crippen MR) is 79.0 cm³/mol. The highest BCUT2D eigenvalue weighted by Gasteiger charge is 2.27. The quantitative estimate of drug-likeness (QED) is 0.479. The van der Waals surface area contributed by atoms with Crippen molar-refractivity contribution in [1.82, 2.24) is 4.98 Å². The Morgan fingerprint density at radius 2 is 2.24 bits per heavy atom. The molecule has 116 valence electrons. The Hall–Kier alpha value is -1.93. The topological polar surface area (TPSA) is 89.8 Å². The fraction of sp³-hybridized carbons (Fsp3) is 0.615. The van der Waals surface area contributed by atoms with Crippen molar-refractivity contribution in [3.63, 3.8) is 0 Å². The van der Waals surface area contributed by atoms with E-state index < -0.39 is 0 Å². The number of morpholine rings is 1. The molecule has 1 aliphatic heterocycles. The molecule has 0 radical (unpaired) electrons. The SMILES string of the molecule is COCCNc1nc(C)cc(N2CCOCC2)c1[N+](=O)[O-]. The van der Waals surface area contributed by atoms with E-state index in [4.69, 9.17) is 9.47 Å². The second-order valence-corrected chi connectivity index (χ2v) is 4.76. The van der Waals surface area contributed by atoms with Crippen LogP contribution in [-0.2, 0) is 9.47 Å². The lowest BCUT2D eigenvalue weighted by Crippen LogP contribution is -2.36. The van der Waals surface area contributed by atoms with E-state index in [1.807, 2.05) is 11.8 Å². The summed E-state index contributed by atoms with van der Waals surface area (Å²) >= 11 is 0. The maximum atomic E-state index is 11.5. The van der Waals surface area contributed by atoms with Gasteiger partial charge in [0, 0.05) is 32.4 Å². The summed E-state index contributed by atoms with van der Waals surface area (Å²) in [5.74, 6) is 0.290. The first kappa shape index (κ1) is 15.5. The average Bonchev–Trinajstić information content (AvgIpc) is 2.47. The molecule has 21 heavy (non-hydrogen) atoms. The molecule has 0 saturated carbocycles. The summed E-state index contributed by atoms with van der Waals surface area (Å²) in [6.45, 7) is 5.19. The van der Waals surface area contributed by atoms with Gasteiger partial charge in [-0.2, -0.15) is 0 Å². The second kappa shape index (κ2) is 7.19. The molecule has 1 saturated heterocycles. The molecule has 1 aromatic rings. The average molecular weight is 296 g/mol. The van der Waals surface area contributed by atoms with Crippen LogP contribution in [0.25, 0.3) is 0 Å². The number of pyridine rings is 1. The number of aryl methyl sites for hydroxylation is 1. The van der Waals surface area contributed by atoms with Crippen LogP contribution in [0.3, 0.4) is 0 Å². The van der Waals surface area contributed by atoms with Crippen molar-refractivity contribution in [2.75, 3.05) is 56.8 Å². The van der Waals surface area contributed by atoms with Gasteiger partial charge in [-0.3, -0.25) is 10.1 Å². The highest BCUT2D eigenvalue weighted by molar-refractivity contribution is 5.74. The molecule has 1 N–H and O–H groups in total. The molecule has 1 aliphatic rings. The van der Waals surface area contributed by atoms with Crippen LogP contribution >= 0.6 is 0 Å². The molecule has 0 bridgehead atoms. The summed E-state index contributed by atoms with van der Waals surface area (Å²) < 4.78 is 10.3. The fourth-order valence-electron chi connectivity index (χ4n) is 2.27. The molecule has 0 amide bonds. The first-order valence-corrected chi connectivity index (χ1v) is 6.85. The Bertz CT molecular complexity index is 503. The molecule has 0 spiro atoms. The van der Waals surface area contributed by atoms with Gasteiger partial charge in [-0.05, 0) is 13.0 Å². The number of rotatable bonds is 6. The van der Waals surface area contributed by atoms with E-state index in [1.165, 1.54) is 0 Å². The smallest absolute Gasteiger partial charge is 0.334 e. The van der Waals surface area contributed by atoms with Gasteiger partial charge in [-0.1, -0.05) is 0 Å². The summed E-state index contributed by atoms with van der Waals surface area (Å²) in [4.78, 5) is 17.3. The van der Waals surface area contributed by atoms with Gasteiger partial charge in [0.1, 0.15) is 5.69 Å². The van der Waals surface area contributed by atoms with Crippen LogP contribution in [0.4, 0.5) is 17.2 Å². The predicted octanol–water partition coefficient (Wildman–Crippen LogP) is 1.19. The summed E-state index contributed by atoms with van der Waals surface area (Å²) in [5, 5.41) is 14.4. The number of hydrogen-bond donors (Lipinski definition) is 1. The molecule has 1 fully saturated rings. The number of nitro groups is 1. The number of anilines is 2. The second-order valence-electron chi connectivity index (χ2n) is 4.76. The molecular weight excluding hydrogens is 276 g/mol. The maximum Gasteiger partial charge on any atom is 0.334 e. The maximum absolute atomic E-state index is 11.5. The fourth-order valence-corrected chi connectivity index (χ4v) is 2.27. The molecule has 0 aliphatic carbocycles. The highest BCUT2D eigenvalue weighted by atomic mass is 16.6. The number of aromatic nitrogens is 1. The van der Waals surface area contributed by atoms with Gasteiger partial charge in [0.2, 0.25) is 5.82 Å². The lowest BCUT2D eigenvalue weighted by atomic mass is 10.2. The molecule has 0 unspecified atom stereocenters. The third kappa shape index (κ3) is 3.79. The zero-order chi connectivity index (χ0) is 15.2. The Balaban J connectivity index is 2.35. The van der Waals surface area contributed by atoms with Crippen molar-refractivity contribution >= 4 is 17.2 Å². The normalized spacial score (nSPS) is 15.0. The Labute approximate surface area is 123 Å². The minimum Gasteiger partial charge on any atom is -0.383 e. The van der Waals surface area contributed by atoms with E-state index in [0.29, 0.717) is 51.0 Å². The number of hydrogen-bond acceptors (Lipinski definition) is 7. The zero-order valence-corrected chi connectivity index (χ0v) is 12.3. The van der Waals surface area contributed by atoms with Crippen molar-refractivity contribution in [3.8, 4) is 0 Å². The van der Waals surface area contributed by atoms with Crippen molar-refractivity contribution in [2.45, 2.75) is 6.92 Å². The highest BCUT2D eigenvalue weighted by Crippen LogP contribution is 2.35. The summed E-state index contributed by atoms with van der Waals surface area (Å²) in [6.07, 6.45) is 0. The lowest BCUT2D eigenvalue weighted by molar-refractivity contribution is -0.383. The van der Waals surface area contributed by atoms with Gasteiger partial charge in [0.05, 0.1) is 24.7 Å². The van der Waals surface area contributed by atoms with Gasteiger partial charge < -0.3 is 19.7 Å². The summed E-state index contributed by atoms with van der Waals surface area (Å²) in [6, 6.07) is 1.75. The van der Waals surface area contributed by atoms with E-state index in [9.17, 15) is 10.1 Å². The first-order chi connectivity index (χ1) is 10.1. The van der Waals surface area contributed by atoms with Gasteiger partial charge in [0.25, 0.3) is 0 Å². The minimum absolute atomic E-state index is 0.0126. The zero-order valence-electron chi connectivity index (χ0n) is 12.3. The number of ether oxygens (including phenoxy) is 2. The van der Waals surface area contributed by atoms with Gasteiger partial charge >= 0.3 is 5.69 Å². The van der Waals surface area contributed by atoms with Crippen LogP contribution in [0.1, 0.15) is 5.69 Å². The van der Waals surface area contributed by atoms with Gasteiger partial charge in [-0.25, -0.2) is 4.98 Å². The van der Waals surface area contributed by atoms with Crippen LogP contribution in [-0.4, -0.2) is 56.5 Å². The van der Waals surface area contributed by atoms with E-state index in [-0.39, 0.29) is 10.6 Å². The van der Waals surface area contributed by atoms with Gasteiger partial charge in [0.15, 0.2) is 0 Å². The molecule has 8 heteroatoms. The van der Waals surface area contributed by atoms with E-state index in [2.05, 4.69) is 10.3 Å². The minimum atomic E-state index is -0.383. The van der Waals surface area contributed by atoms with Crippen LogP contribution in [0, 0.1) is 17.0 Å². The Kier molecular flexibility index (Phi) is 5.29. The van der Waals surface area contributed by atoms with Crippen LogP contribution in [0.5, 0.6) is 0 Å². The largest absolute Gasteiger partial charge is 0.383 e. The standard InChI is InChI=1S/C13H20N4O4/c1-10-9-11(16-4-7-21-8-5-16)12(17(18)19)13(15-10)14-3-6-20-2/h9H,3-8H2,1-2H3,(H,14,15).